The molecule has 0 radical (unpaired) electrons. The molecule has 1 aliphatic heterocycles. The maximum absolute atomic E-state index is 12.7. The highest BCUT2D eigenvalue weighted by molar-refractivity contribution is 7.89. The van der Waals surface area contributed by atoms with E-state index in [0.29, 0.717) is 44.0 Å². The Hall–Kier alpha value is -2.17. The van der Waals surface area contributed by atoms with Crippen LogP contribution in [0.3, 0.4) is 0 Å². The van der Waals surface area contributed by atoms with Gasteiger partial charge in [0.1, 0.15) is 0 Å². The number of rotatable bonds is 5. The van der Waals surface area contributed by atoms with Gasteiger partial charge in [-0.1, -0.05) is 12.2 Å². The van der Waals surface area contributed by atoms with E-state index in [0.717, 1.165) is 19.3 Å². The number of hydrogen-bond acceptors (Lipinski definition) is 4. The highest BCUT2D eigenvalue weighted by Crippen LogP contribution is 2.24. The molecule has 0 saturated carbocycles. The Bertz CT molecular complexity index is 832. The van der Waals surface area contributed by atoms with Crippen molar-refractivity contribution in [1.82, 2.24) is 9.62 Å². The van der Waals surface area contributed by atoms with Crippen LogP contribution >= 0.6 is 0 Å². The molecule has 0 spiro atoms. The van der Waals surface area contributed by atoms with Crippen LogP contribution in [-0.4, -0.2) is 38.3 Å². The second-order valence-electron chi connectivity index (χ2n) is 7.21. The lowest BCUT2D eigenvalue weighted by Crippen LogP contribution is -2.43. The standard InChI is InChI=1S/C20H25N3O3S/c21-14-16-6-8-19(9-7-16)27(25,26)23-12-10-18(11-13-23)20(24)22-15-17-4-2-1-3-5-17/h1-2,6-9,17-18H,3-5,10-13,15H2,(H,22,24). The van der Waals surface area contributed by atoms with E-state index in [1.54, 1.807) is 0 Å². The van der Waals surface area contributed by atoms with E-state index in [1.165, 1.54) is 28.6 Å². The van der Waals surface area contributed by atoms with Gasteiger partial charge in [-0.05, 0) is 62.3 Å². The van der Waals surface area contributed by atoms with Gasteiger partial charge in [0, 0.05) is 25.6 Å². The van der Waals surface area contributed by atoms with Gasteiger partial charge in [-0.25, -0.2) is 8.42 Å². The predicted molar refractivity (Wildman–Crippen MR) is 102 cm³/mol. The number of nitriles is 1. The minimum absolute atomic E-state index is 0.0416. The fourth-order valence-electron chi connectivity index (χ4n) is 3.64. The van der Waals surface area contributed by atoms with Crippen molar-refractivity contribution in [2.45, 2.75) is 37.0 Å². The Labute approximate surface area is 160 Å². The van der Waals surface area contributed by atoms with E-state index < -0.39 is 10.0 Å². The Morgan fingerprint density at radius 3 is 2.44 bits per heavy atom. The van der Waals surface area contributed by atoms with Crippen LogP contribution < -0.4 is 5.32 Å². The van der Waals surface area contributed by atoms with Crippen molar-refractivity contribution in [2.24, 2.45) is 11.8 Å². The first-order valence-electron chi connectivity index (χ1n) is 9.43. The molecule has 0 aromatic heterocycles. The second-order valence-corrected chi connectivity index (χ2v) is 9.15. The van der Waals surface area contributed by atoms with Crippen LogP contribution in [-0.2, 0) is 14.8 Å². The van der Waals surface area contributed by atoms with Gasteiger partial charge in [-0.2, -0.15) is 9.57 Å². The Kier molecular flexibility index (Phi) is 6.30. The van der Waals surface area contributed by atoms with Crippen LogP contribution in [0.2, 0.25) is 0 Å². The first-order chi connectivity index (χ1) is 13.0. The number of nitrogens with zero attached hydrogens (tertiary/aromatic N) is 2. The molecule has 1 fully saturated rings. The number of benzene rings is 1. The quantitative estimate of drug-likeness (QED) is 0.786. The predicted octanol–water partition coefficient (Wildman–Crippen LogP) is 2.43. The first kappa shape index (κ1) is 19.6. The summed E-state index contributed by atoms with van der Waals surface area (Å²) in [5.74, 6) is 0.423. The number of carbonyl (C=O) groups excluding carboxylic acids is 1. The van der Waals surface area contributed by atoms with Gasteiger partial charge < -0.3 is 5.32 Å². The van der Waals surface area contributed by atoms with Crippen LogP contribution in [0, 0.1) is 23.2 Å². The van der Waals surface area contributed by atoms with Crippen molar-refractivity contribution < 1.29 is 13.2 Å². The molecule has 7 heteroatoms. The number of sulfonamides is 1. The van der Waals surface area contributed by atoms with E-state index in [1.807, 2.05) is 6.07 Å². The fourth-order valence-corrected chi connectivity index (χ4v) is 5.11. The third-order valence-corrected chi connectivity index (χ3v) is 7.30. The summed E-state index contributed by atoms with van der Waals surface area (Å²) < 4.78 is 26.9. The molecule has 1 aromatic carbocycles. The van der Waals surface area contributed by atoms with Gasteiger partial charge >= 0.3 is 0 Å². The molecule has 1 N–H and O–H groups in total. The largest absolute Gasteiger partial charge is 0.356 e. The molecule has 6 nitrogen and oxygen atoms in total. The van der Waals surface area contributed by atoms with Crippen LogP contribution in [0.15, 0.2) is 41.3 Å². The smallest absolute Gasteiger partial charge is 0.243 e. The molecule has 1 saturated heterocycles. The van der Waals surface area contributed by atoms with Crippen LogP contribution in [0.1, 0.15) is 37.7 Å². The Balaban J connectivity index is 1.52. The lowest BCUT2D eigenvalue weighted by molar-refractivity contribution is -0.126. The molecule has 1 unspecified atom stereocenters. The van der Waals surface area contributed by atoms with Crippen molar-refractivity contribution in [3.05, 3.63) is 42.0 Å². The molecule has 1 atom stereocenters. The Morgan fingerprint density at radius 1 is 1.15 bits per heavy atom. The maximum atomic E-state index is 12.7. The van der Waals surface area contributed by atoms with Crippen molar-refractivity contribution in [3.63, 3.8) is 0 Å². The zero-order valence-electron chi connectivity index (χ0n) is 15.3. The maximum Gasteiger partial charge on any atom is 0.243 e. The molecule has 1 aliphatic carbocycles. The van der Waals surface area contributed by atoms with Gasteiger partial charge in [-0.3, -0.25) is 4.79 Å². The molecular formula is C20H25N3O3S. The van der Waals surface area contributed by atoms with Gasteiger partial charge in [0.15, 0.2) is 0 Å². The minimum Gasteiger partial charge on any atom is -0.356 e. The summed E-state index contributed by atoms with van der Waals surface area (Å²) in [5.41, 5.74) is 0.429. The molecule has 0 bridgehead atoms. The number of nitrogens with one attached hydrogen (secondary N) is 1. The lowest BCUT2D eigenvalue weighted by Gasteiger charge is -2.31. The number of hydrogen-bond donors (Lipinski definition) is 1. The SMILES string of the molecule is N#Cc1ccc(S(=O)(=O)N2CCC(C(=O)NCC3CC=CCC3)CC2)cc1. The van der Waals surface area contributed by atoms with Gasteiger partial charge in [0.05, 0.1) is 16.5 Å². The van der Waals surface area contributed by atoms with Crippen molar-refractivity contribution in [1.29, 1.82) is 5.26 Å². The molecular weight excluding hydrogens is 362 g/mol. The van der Waals surface area contributed by atoms with Crippen molar-refractivity contribution in [3.8, 4) is 6.07 Å². The molecule has 1 aromatic rings. The van der Waals surface area contributed by atoms with Gasteiger partial charge in [0.2, 0.25) is 15.9 Å². The summed E-state index contributed by atoms with van der Waals surface area (Å²) in [6.07, 6.45) is 8.62. The third-order valence-electron chi connectivity index (χ3n) is 5.39. The molecule has 27 heavy (non-hydrogen) atoms. The normalized spacial score (nSPS) is 21.5. The third kappa shape index (κ3) is 4.76. The molecule has 1 amide bonds. The van der Waals surface area contributed by atoms with E-state index >= 15 is 0 Å². The van der Waals surface area contributed by atoms with Crippen LogP contribution in [0.5, 0.6) is 0 Å². The monoisotopic (exact) mass is 387 g/mol. The van der Waals surface area contributed by atoms with E-state index in [4.69, 9.17) is 5.26 Å². The molecule has 1 heterocycles. The second kappa shape index (κ2) is 8.68. The average Bonchev–Trinajstić information content (AvgIpc) is 2.73. The number of piperidine rings is 1. The highest BCUT2D eigenvalue weighted by atomic mass is 32.2. The molecule has 3 rings (SSSR count). The van der Waals surface area contributed by atoms with Gasteiger partial charge in [0.25, 0.3) is 0 Å². The highest BCUT2D eigenvalue weighted by Gasteiger charge is 2.32. The topological polar surface area (TPSA) is 90.3 Å². The number of allylic oxidation sites excluding steroid dienone is 2. The summed E-state index contributed by atoms with van der Waals surface area (Å²) >= 11 is 0. The number of amides is 1. The fraction of sp³-hybridized carbons (Fsp3) is 0.500. The van der Waals surface area contributed by atoms with E-state index in [2.05, 4.69) is 17.5 Å². The zero-order valence-corrected chi connectivity index (χ0v) is 16.1. The molecule has 144 valence electrons. The molecule has 2 aliphatic rings. The van der Waals surface area contributed by atoms with Gasteiger partial charge in [-0.15, -0.1) is 0 Å². The van der Waals surface area contributed by atoms with Crippen LogP contribution in [0.4, 0.5) is 0 Å². The van der Waals surface area contributed by atoms with E-state index in [9.17, 15) is 13.2 Å². The zero-order chi connectivity index (χ0) is 19.3. The van der Waals surface area contributed by atoms with E-state index in [-0.39, 0.29) is 16.7 Å². The van der Waals surface area contributed by atoms with Crippen molar-refractivity contribution in [2.75, 3.05) is 19.6 Å². The van der Waals surface area contributed by atoms with Crippen LogP contribution in [0.25, 0.3) is 0 Å². The lowest BCUT2D eigenvalue weighted by atomic mass is 9.93. The Morgan fingerprint density at radius 2 is 1.85 bits per heavy atom. The summed E-state index contributed by atoms with van der Waals surface area (Å²) in [5, 5.41) is 11.9. The average molecular weight is 388 g/mol. The summed E-state index contributed by atoms with van der Waals surface area (Å²) in [7, 11) is -3.58. The van der Waals surface area contributed by atoms with Crippen molar-refractivity contribution >= 4 is 15.9 Å². The summed E-state index contributed by atoms with van der Waals surface area (Å²) in [6, 6.07) is 7.92. The minimum atomic E-state index is -3.58. The number of carbonyl (C=O) groups is 1. The first-order valence-corrected chi connectivity index (χ1v) is 10.9. The summed E-state index contributed by atoms with van der Waals surface area (Å²) in [6.45, 7) is 1.38. The summed E-state index contributed by atoms with van der Waals surface area (Å²) in [4.78, 5) is 12.6.